The second kappa shape index (κ2) is 6.31. The maximum atomic E-state index is 13.3. The van der Waals surface area contributed by atoms with Crippen molar-refractivity contribution in [3.05, 3.63) is 34.6 Å². The zero-order valence-electron chi connectivity index (χ0n) is 8.56. The van der Waals surface area contributed by atoms with Gasteiger partial charge in [0.1, 0.15) is 5.82 Å². The summed E-state index contributed by atoms with van der Waals surface area (Å²) in [6, 6.07) is 4.68. The lowest BCUT2D eigenvalue weighted by molar-refractivity contribution is 0.582. The predicted octanol–water partition coefficient (Wildman–Crippen LogP) is 3.59. The Balaban J connectivity index is 2.44. The Morgan fingerprint density at radius 1 is 1.47 bits per heavy atom. The number of halogens is 3. The summed E-state index contributed by atoms with van der Waals surface area (Å²) in [5.74, 6) is -0.280. The second-order valence-electron chi connectivity index (χ2n) is 3.37. The highest BCUT2D eigenvalue weighted by atomic mass is 35.5. The van der Waals surface area contributed by atoms with E-state index in [1.54, 1.807) is 12.1 Å². The molecule has 1 nitrogen and oxygen atoms in total. The maximum Gasteiger partial charge on any atom is 0.129 e. The van der Waals surface area contributed by atoms with Crippen LogP contribution in [-0.2, 0) is 6.54 Å². The van der Waals surface area contributed by atoms with Gasteiger partial charge in [0.15, 0.2) is 0 Å². The van der Waals surface area contributed by atoms with E-state index in [2.05, 4.69) is 5.32 Å². The van der Waals surface area contributed by atoms with E-state index in [0.29, 0.717) is 23.7 Å². The molecule has 1 aromatic carbocycles. The van der Waals surface area contributed by atoms with E-state index in [0.717, 1.165) is 6.42 Å². The number of benzene rings is 1. The summed E-state index contributed by atoms with van der Waals surface area (Å²) in [5.41, 5.74) is 0.611. The van der Waals surface area contributed by atoms with Crippen LogP contribution in [0.3, 0.4) is 0 Å². The molecule has 0 spiro atoms. The molecule has 0 aliphatic heterocycles. The van der Waals surface area contributed by atoms with Crippen LogP contribution in [0.15, 0.2) is 18.2 Å². The lowest BCUT2D eigenvalue weighted by Gasteiger charge is -2.09. The molecular formula is C11H14Cl2FN. The molecule has 0 amide bonds. The molecule has 1 rings (SSSR count). The van der Waals surface area contributed by atoms with Crippen molar-refractivity contribution in [1.82, 2.24) is 5.32 Å². The van der Waals surface area contributed by atoms with Crippen LogP contribution in [0.2, 0.25) is 5.02 Å². The van der Waals surface area contributed by atoms with Gasteiger partial charge < -0.3 is 5.32 Å². The molecule has 4 heteroatoms. The van der Waals surface area contributed by atoms with Gasteiger partial charge in [-0.2, -0.15) is 0 Å². The van der Waals surface area contributed by atoms with Gasteiger partial charge in [-0.25, -0.2) is 4.39 Å². The average Bonchev–Trinajstić information content (AvgIpc) is 2.21. The first kappa shape index (κ1) is 12.8. The molecular weight excluding hydrogens is 236 g/mol. The molecule has 1 aromatic rings. The van der Waals surface area contributed by atoms with E-state index < -0.39 is 0 Å². The zero-order chi connectivity index (χ0) is 11.3. The fraction of sp³-hybridized carbons (Fsp3) is 0.455. The van der Waals surface area contributed by atoms with Crippen molar-refractivity contribution in [2.45, 2.75) is 25.3 Å². The quantitative estimate of drug-likeness (QED) is 0.787. The molecule has 0 aliphatic carbocycles. The molecule has 84 valence electrons. The van der Waals surface area contributed by atoms with Crippen molar-refractivity contribution in [1.29, 1.82) is 0 Å². The van der Waals surface area contributed by atoms with E-state index in [-0.39, 0.29) is 11.2 Å². The molecule has 0 saturated heterocycles. The first-order chi connectivity index (χ1) is 7.13. The van der Waals surface area contributed by atoms with Gasteiger partial charge >= 0.3 is 0 Å². The maximum absolute atomic E-state index is 13.3. The average molecular weight is 250 g/mol. The van der Waals surface area contributed by atoms with E-state index in [4.69, 9.17) is 23.2 Å². The van der Waals surface area contributed by atoms with Crippen molar-refractivity contribution in [2.75, 3.05) is 6.54 Å². The van der Waals surface area contributed by atoms with Crippen LogP contribution in [-0.4, -0.2) is 11.9 Å². The number of hydrogen-bond acceptors (Lipinski definition) is 1. The zero-order valence-corrected chi connectivity index (χ0v) is 10.1. The van der Waals surface area contributed by atoms with E-state index in [9.17, 15) is 4.39 Å². The van der Waals surface area contributed by atoms with Crippen LogP contribution in [0.25, 0.3) is 0 Å². The highest BCUT2D eigenvalue weighted by Gasteiger charge is 2.04. The number of rotatable bonds is 5. The van der Waals surface area contributed by atoms with Crippen molar-refractivity contribution < 1.29 is 4.39 Å². The normalized spacial score (nSPS) is 12.8. The third kappa shape index (κ3) is 4.37. The molecule has 1 atom stereocenters. The van der Waals surface area contributed by atoms with E-state index >= 15 is 0 Å². The third-order valence-corrected chi connectivity index (χ3v) is 2.84. The Labute approximate surface area is 99.6 Å². The topological polar surface area (TPSA) is 12.0 Å². The first-order valence-corrected chi connectivity index (χ1v) is 5.73. The Morgan fingerprint density at radius 3 is 2.80 bits per heavy atom. The molecule has 0 radical (unpaired) electrons. The van der Waals surface area contributed by atoms with Crippen molar-refractivity contribution >= 4 is 23.2 Å². The van der Waals surface area contributed by atoms with Gasteiger partial charge in [-0.05, 0) is 18.6 Å². The van der Waals surface area contributed by atoms with Crippen LogP contribution in [0.5, 0.6) is 0 Å². The Hall–Kier alpha value is -0.310. The lowest BCUT2D eigenvalue weighted by atomic mass is 10.2. The van der Waals surface area contributed by atoms with Crippen LogP contribution in [0.4, 0.5) is 4.39 Å². The Morgan fingerprint density at radius 2 is 2.20 bits per heavy atom. The Bertz CT molecular complexity index is 317. The van der Waals surface area contributed by atoms with Gasteiger partial charge in [0.2, 0.25) is 0 Å². The van der Waals surface area contributed by atoms with Crippen LogP contribution < -0.4 is 5.32 Å². The molecule has 0 aliphatic rings. The Kier molecular flexibility index (Phi) is 5.37. The summed E-state index contributed by atoms with van der Waals surface area (Å²) in [6.07, 6.45) is 0.900. The van der Waals surface area contributed by atoms with Gasteiger partial charge in [0.05, 0.1) is 0 Å². The summed E-state index contributed by atoms with van der Waals surface area (Å²) in [5, 5.41) is 3.61. The molecule has 1 unspecified atom stereocenters. The molecule has 15 heavy (non-hydrogen) atoms. The fourth-order valence-electron chi connectivity index (χ4n) is 1.17. The minimum Gasteiger partial charge on any atom is -0.311 e. The minimum absolute atomic E-state index is 0.0976. The standard InChI is InChI=1S/C11H14Cl2FN/c1-2-9(12)7-15-6-8-3-4-10(13)5-11(8)14/h3-5,9,15H,2,6-7H2,1H3. The van der Waals surface area contributed by atoms with Crippen LogP contribution >= 0.6 is 23.2 Å². The molecule has 0 heterocycles. The summed E-state index contributed by atoms with van der Waals surface area (Å²) >= 11 is 11.6. The summed E-state index contributed by atoms with van der Waals surface area (Å²) in [6.45, 7) is 3.18. The largest absolute Gasteiger partial charge is 0.311 e. The van der Waals surface area contributed by atoms with E-state index in [1.807, 2.05) is 6.92 Å². The van der Waals surface area contributed by atoms with Gasteiger partial charge in [-0.15, -0.1) is 11.6 Å². The summed E-state index contributed by atoms with van der Waals surface area (Å²) in [4.78, 5) is 0. The molecule has 0 fully saturated rings. The summed E-state index contributed by atoms with van der Waals surface area (Å²) < 4.78 is 13.3. The monoisotopic (exact) mass is 249 g/mol. The number of hydrogen-bond donors (Lipinski definition) is 1. The SMILES string of the molecule is CCC(Cl)CNCc1ccc(Cl)cc1F. The highest BCUT2D eigenvalue weighted by molar-refractivity contribution is 6.30. The first-order valence-electron chi connectivity index (χ1n) is 4.92. The van der Waals surface area contributed by atoms with Crippen molar-refractivity contribution in [3.8, 4) is 0 Å². The van der Waals surface area contributed by atoms with E-state index in [1.165, 1.54) is 6.07 Å². The summed E-state index contributed by atoms with van der Waals surface area (Å²) in [7, 11) is 0. The fourth-order valence-corrected chi connectivity index (χ4v) is 1.44. The van der Waals surface area contributed by atoms with Crippen molar-refractivity contribution in [3.63, 3.8) is 0 Å². The van der Waals surface area contributed by atoms with Crippen LogP contribution in [0.1, 0.15) is 18.9 Å². The highest BCUT2D eigenvalue weighted by Crippen LogP contribution is 2.14. The van der Waals surface area contributed by atoms with Crippen molar-refractivity contribution in [2.24, 2.45) is 0 Å². The molecule has 0 saturated carbocycles. The van der Waals surface area contributed by atoms with Gasteiger partial charge in [0, 0.05) is 29.1 Å². The smallest absolute Gasteiger partial charge is 0.129 e. The van der Waals surface area contributed by atoms with Gasteiger partial charge in [-0.1, -0.05) is 24.6 Å². The second-order valence-corrected chi connectivity index (χ2v) is 4.43. The molecule has 0 aromatic heterocycles. The number of nitrogens with one attached hydrogen (secondary N) is 1. The third-order valence-electron chi connectivity index (χ3n) is 2.14. The molecule has 1 N–H and O–H groups in total. The minimum atomic E-state index is -0.280. The molecule has 0 bridgehead atoms. The van der Waals surface area contributed by atoms with Gasteiger partial charge in [0.25, 0.3) is 0 Å². The van der Waals surface area contributed by atoms with Gasteiger partial charge in [-0.3, -0.25) is 0 Å². The number of alkyl halides is 1. The predicted molar refractivity (Wildman–Crippen MR) is 63.0 cm³/mol. The lowest BCUT2D eigenvalue weighted by Crippen LogP contribution is -2.22. The van der Waals surface area contributed by atoms with Crippen LogP contribution in [0, 0.1) is 5.82 Å².